The van der Waals surface area contributed by atoms with E-state index in [0.29, 0.717) is 11.0 Å². The Hall–Kier alpha value is -0.410. The van der Waals surface area contributed by atoms with E-state index in [2.05, 4.69) is 0 Å². The molecule has 1 aromatic rings. The van der Waals surface area contributed by atoms with E-state index in [1.54, 1.807) is 6.26 Å². The third-order valence-corrected chi connectivity index (χ3v) is 3.85. The van der Waals surface area contributed by atoms with Crippen LogP contribution in [-0.4, -0.2) is 16.1 Å². The molecule has 13 heavy (non-hydrogen) atoms. The zero-order valence-corrected chi connectivity index (χ0v) is 8.30. The normalized spacial score (nSPS) is 25.8. The monoisotopic (exact) mass is 198 g/mol. The molecule has 0 aromatic carbocycles. The second-order valence-electron chi connectivity index (χ2n) is 3.37. The average Bonchev–Trinajstić information content (AvgIpc) is 2.71. The summed E-state index contributed by atoms with van der Waals surface area (Å²) in [6.45, 7) is 0. The largest absolute Gasteiger partial charge is 0.467 e. The molecule has 0 spiro atoms. The van der Waals surface area contributed by atoms with Gasteiger partial charge < -0.3 is 9.52 Å². The summed E-state index contributed by atoms with van der Waals surface area (Å²) in [5, 5.41) is 10.3. The molecule has 2 nitrogen and oxygen atoms in total. The zero-order valence-electron chi connectivity index (χ0n) is 7.48. The van der Waals surface area contributed by atoms with Crippen LogP contribution in [0.3, 0.4) is 0 Å². The molecule has 0 radical (unpaired) electrons. The SMILES string of the molecule is OC(c1ccco1)C1CCCCS1. The summed E-state index contributed by atoms with van der Waals surface area (Å²) in [7, 11) is 0. The Morgan fingerprint density at radius 3 is 3.08 bits per heavy atom. The van der Waals surface area contributed by atoms with Crippen LogP contribution in [0.25, 0.3) is 0 Å². The van der Waals surface area contributed by atoms with Crippen molar-refractivity contribution in [3.63, 3.8) is 0 Å². The standard InChI is InChI=1S/C10H14O2S/c11-10(8-4-3-6-12-8)9-5-1-2-7-13-9/h3-4,6,9-11H,1-2,5,7H2. The summed E-state index contributed by atoms with van der Waals surface area (Å²) >= 11 is 1.86. The number of aliphatic hydroxyl groups is 1. The summed E-state index contributed by atoms with van der Waals surface area (Å²) in [5.41, 5.74) is 0. The van der Waals surface area contributed by atoms with Crippen molar-refractivity contribution in [1.82, 2.24) is 0 Å². The molecule has 0 amide bonds. The van der Waals surface area contributed by atoms with Gasteiger partial charge in [0.1, 0.15) is 11.9 Å². The van der Waals surface area contributed by atoms with E-state index >= 15 is 0 Å². The number of rotatable bonds is 2. The molecule has 3 heteroatoms. The van der Waals surface area contributed by atoms with Crippen LogP contribution < -0.4 is 0 Å². The first-order valence-electron chi connectivity index (χ1n) is 4.71. The molecular weight excluding hydrogens is 184 g/mol. The average molecular weight is 198 g/mol. The third-order valence-electron chi connectivity index (χ3n) is 2.40. The van der Waals surface area contributed by atoms with E-state index in [9.17, 15) is 5.11 Å². The minimum atomic E-state index is -0.416. The second kappa shape index (κ2) is 4.20. The molecule has 0 aliphatic carbocycles. The molecule has 1 aliphatic rings. The summed E-state index contributed by atoms with van der Waals surface area (Å²) in [6.07, 6.45) is 4.82. The van der Waals surface area contributed by atoms with Gasteiger partial charge >= 0.3 is 0 Å². The summed E-state index contributed by atoms with van der Waals surface area (Å²) in [4.78, 5) is 0. The summed E-state index contributed by atoms with van der Waals surface area (Å²) in [6, 6.07) is 3.67. The molecule has 2 unspecified atom stereocenters. The molecule has 1 saturated heterocycles. The lowest BCUT2D eigenvalue weighted by atomic mass is 10.1. The van der Waals surface area contributed by atoms with Crippen LogP contribution in [0.2, 0.25) is 0 Å². The van der Waals surface area contributed by atoms with Crippen LogP contribution in [0.4, 0.5) is 0 Å². The Morgan fingerprint density at radius 2 is 2.46 bits per heavy atom. The van der Waals surface area contributed by atoms with Gasteiger partial charge in [0.05, 0.1) is 6.26 Å². The molecule has 1 fully saturated rings. The fourth-order valence-corrected chi connectivity index (χ4v) is 2.98. The lowest BCUT2D eigenvalue weighted by molar-refractivity contribution is 0.142. The van der Waals surface area contributed by atoms with Crippen LogP contribution in [0, 0.1) is 0 Å². The van der Waals surface area contributed by atoms with Gasteiger partial charge in [-0.2, -0.15) is 11.8 Å². The van der Waals surface area contributed by atoms with Crippen molar-refractivity contribution < 1.29 is 9.52 Å². The molecule has 1 aromatic heterocycles. The van der Waals surface area contributed by atoms with E-state index < -0.39 is 6.10 Å². The minimum absolute atomic E-state index is 0.333. The fourth-order valence-electron chi connectivity index (χ4n) is 1.66. The first kappa shape index (κ1) is 9.16. The van der Waals surface area contributed by atoms with Crippen molar-refractivity contribution in [2.75, 3.05) is 5.75 Å². The molecule has 72 valence electrons. The van der Waals surface area contributed by atoms with Crippen molar-refractivity contribution in [3.8, 4) is 0 Å². The molecule has 2 atom stereocenters. The predicted octanol–water partition coefficient (Wildman–Crippen LogP) is 2.60. The number of hydrogen-bond donors (Lipinski definition) is 1. The van der Waals surface area contributed by atoms with Crippen LogP contribution in [0.5, 0.6) is 0 Å². The number of furan rings is 1. The maximum absolute atomic E-state index is 9.92. The number of hydrogen-bond acceptors (Lipinski definition) is 3. The van der Waals surface area contributed by atoms with Gasteiger partial charge in [-0.1, -0.05) is 6.42 Å². The Labute approximate surface area is 82.3 Å². The Morgan fingerprint density at radius 1 is 1.54 bits per heavy atom. The van der Waals surface area contributed by atoms with Gasteiger partial charge in [0.25, 0.3) is 0 Å². The van der Waals surface area contributed by atoms with Crippen molar-refractivity contribution in [2.45, 2.75) is 30.6 Å². The second-order valence-corrected chi connectivity index (χ2v) is 4.71. The molecule has 2 rings (SSSR count). The quantitative estimate of drug-likeness (QED) is 0.793. The summed E-state index contributed by atoms with van der Waals surface area (Å²) in [5.74, 6) is 1.88. The summed E-state index contributed by atoms with van der Waals surface area (Å²) < 4.78 is 5.19. The highest BCUT2D eigenvalue weighted by Crippen LogP contribution is 2.34. The topological polar surface area (TPSA) is 33.4 Å². The van der Waals surface area contributed by atoms with Crippen LogP contribution in [-0.2, 0) is 0 Å². The fraction of sp³-hybridized carbons (Fsp3) is 0.600. The van der Waals surface area contributed by atoms with Crippen LogP contribution in [0.15, 0.2) is 22.8 Å². The lowest BCUT2D eigenvalue weighted by Crippen LogP contribution is -2.18. The first-order valence-corrected chi connectivity index (χ1v) is 5.76. The van der Waals surface area contributed by atoms with Gasteiger partial charge in [0.2, 0.25) is 0 Å². The van der Waals surface area contributed by atoms with Gasteiger partial charge in [-0.05, 0) is 30.7 Å². The number of aliphatic hydroxyl groups excluding tert-OH is 1. The highest BCUT2D eigenvalue weighted by molar-refractivity contribution is 7.99. The highest BCUT2D eigenvalue weighted by atomic mass is 32.2. The predicted molar refractivity (Wildman–Crippen MR) is 53.8 cm³/mol. The first-order chi connectivity index (χ1) is 6.38. The Bertz CT molecular complexity index is 239. The van der Waals surface area contributed by atoms with Crippen molar-refractivity contribution >= 4 is 11.8 Å². The van der Waals surface area contributed by atoms with Crippen LogP contribution >= 0.6 is 11.8 Å². The van der Waals surface area contributed by atoms with E-state index in [0.717, 1.165) is 6.42 Å². The zero-order chi connectivity index (χ0) is 9.10. The van der Waals surface area contributed by atoms with Crippen LogP contribution in [0.1, 0.15) is 31.1 Å². The van der Waals surface area contributed by atoms with Crippen molar-refractivity contribution in [2.24, 2.45) is 0 Å². The highest BCUT2D eigenvalue weighted by Gasteiger charge is 2.25. The van der Waals surface area contributed by atoms with E-state index in [4.69, 9.17) is 4.42 Å². The lowest BCUT2D eigenvalue weighted by Gasteiger charge is -2.24. The third kappa shape index (κ3) is 2.09. The Balaban J connectivity index is 1.99. The molecule has 0 saturated carbocycles. The number of thioether (sulfide) groups is 1. The van der Waals surface area contributed by atoms with E-state index in [1.807, 2.05) is 23.9 Å². The van der Waals surface area contributed by atoms with E-state index in [-0.39, 0.29) is 0 Å². The molecule has 1 N–H and O–H groups in total. The van der Waals surface area contributed by atoms with Gasteiger partial charge in [0.15, 0.2) is 0 Å². The van der Waals surface area contributed by atoms with Gasteiger partial charge in [-0.25, -0.2) is 0 Å². The van der Waals surface area contributed by atoms with Gasteiger partial charge in [0, 0.05) is 5.25 Å². The van der Waals surface area contributed by atoms with Gasteiger partial charge in [-0.15, -0.1) is 0 Å². The van der Waals surface area contributed by atoms with E-state index in [1.165, 1.54) is 18.6 Å². The molecule has 1 aliphatic heterocycles. The van der Waals surface area contributed by atoms with Crippen molar-refractivity contribution in [3.05, 3.63) is 24.2 Å². The molecule has 0 bridgehead atoms. The maximum atomic E-state index is 9.92. The maximum Gasteiger partial charge on any atom is 0.133 e. The molecular formula is C10H14O2S. The minimum Gasteiger partial charge on any atom is -0.467 e. The Kier molecular flexibility index (Phi) is 2.96. The van der Waals surface area contributed by atoms with Crippen molar-refractivity contribution in [1.29, 1.82) is 0 Å². The smallest absolute Gasteiger partial charge is 0.133 e. The molecule has 2 heterocycles. The van der Waals surface area contributed by atoms with Gasteiger partial charge in [-0.3, -0.25) is 0 Å².